The lowest BCUT2D eigenvalue weighted by Crippen LogP contribution is -2.39. The van der Waals surface area contributed by atoms with Crippen molar-refractivity contribution in [2.45, 2.75) is 34.2 Å². The monoisotopic (exact) mass is 315 g/mol. The predicted molar refractivity (Wildman–Crippen MR) is 91.2 cm³/mol. The standard InChI is InChI=1S/C17H25N5O/c1-13(2)17(3,4)12-19-16(23)21-15-9-20-22(11-15)10-14-7-5-6-8-18-14/h5-9,11,13H,10,12H2,1-4H3,(H2,19,21,23). The van der Waals surface area contributed by atoms with Crippen LogP contribution < -0.4 is 10.6 Å². The first-order valence-corrected chi connectivity index (χ1v) is 7.84. The molecule has 2 rings (SSSR count). The maximum Gasteiger partial charge on any atom is 0.319 e. The van der Waals surface area contributed by atoms with Crippen molar-refractivity contribution < 1.29 is 4.79 Å². The van der Waals surface area contributed by atoms with E-state index in [1.165, 1.54) is 0 Å². The van der Waals surface area contributed by atoms with E-state index in [0.29, 0.717) is 24.7 Å². The van der Waals surface area contributed by atoms with Gasteiger partial charge in [-0.05, 0) is 23.5 Å². The summed E-state index contributed by atoms with van der Waals surface area (Å²) in [6, 6.07) is 5.54. The number of carbonyl (C=O) groups excluding carboxylic acids is 1. The minimum Gasteiger partial charge on any atom is -0.337 e. The van der Waals surface area contributed by atoms with Gasteiger partial charge in [-0.2, -0.15) is 5.10 Å². The molecule has 0 spiro atoms. The molecule has 0 fully saturated rings. The number of urea groups is 1. The number of carbonyl (C=O) groups is 1. The van der Waals surface area contributed by atoms with Crippen LogP contribution in [0.5, 0.6) is 0 Å². The first kappa shape index (κ1) is 17.0. The molecule has 0 atom stereocenters. The van der Waals surface area contributed by atoms with Crippen molar-refractivity contribution in [3.05, 3.63) is 42.5 Å². The summed E-state index contributed by atoms with van der Waals surface area (Å²) in [5.41, 5.74) is 1.65. The van der Waals surface area contributed by atoms with Gasteiger partial charge >= 0.3 is 6.03 Å². The van der Waals surface area contributed by atoms with Crippen LogP contribution in [0.15, 0.2) is 36.8 Å². The van der Waals surface area contributed by atoms with Gasteiger partial charge in [0.25, 0.3) is 0 Å². The van der Waals surface area contributed by atoms with Gasteiger partial charge in [0.2, 0.25) is 0 Å². The van der Waals surface area contributed by atoms with Crippen molar-refractivity contribution in [1.82, 2.24) is 20.1 Å². The number of hydrogen-bond donors (Lipinski definition) is 2. The Hall–Kier alpha value is -2.37. The highest BCUT2D eigenvalue weighted by Gasteiger charge is 2.22. The molecule has 0 unspecified atom stereocenters. The van der Waals surface area contributed by atoms with Crippen LogP contribution in [0, 0.1) is 11.3 Å². The molecule has 0 saturated heterocycles. The highest BCUT2D eigenvalue weighted by Crippen LogP contribution is 2.24. The predicted octanol–water partition coefficient (Wildman–Crippen LogP) is 3.13. The Morgan fingerprint density at radius 1 is 1.35 bits per heavy atom. The van der Waals surface area contributed by atoms with Gasteiger partial charge in [-0.15, -0.1) is 0 Å². The summed E-state index contributed by atoms with van der Waals surface area (Å²) in [6.45, 7) is 9.79. The first-order chi connectivity index (χ1) is 10.9. The molecular weight excluding hydrogens is 290 g/mol. The van der Waals surface area contributed by atoms with Crippen molar-refractivity contribution >= 4 is 11.7 Å². The van der Waals surface area contributed by atoms with Crippen LogP contribution >= 0.6 is 0 Å². The van der Waals surface area contributed by atoms with Crippen LogP contribution in [0.3, 0.4) is 0 Å². The second-order valence-electron chi connectivity index (χ2n) is 6.70. The van der Waals surface area contributed by atoms with Crippen LogP contribution in [0.2, 0.25) is 0 Å². The van der Waals surface area contributed by atoms with Crippen molar-refractivity contribution in [1.29, 1.82) is 0 Å². The average molecular weight is 315 g/mol. The van der Waals surface area contributed by atoms with E-state index in [-0.39, 0.29) is 11.4 Å². The molecule has 2 amide bonds. The highest BCUT2D eigenvalue weighted by molar-refractivity contribution is 5.88. The zero-order valence-electron chi connectivity index (χ0n) is 14.2. The van der Waals surface area contributed by atoms with Gasteiger partial charge in [-0.3, -0.25) is 9.67 Å². The van der Waals surface area contributed by atoms with E-state index in [0.717, 1.165) is 5.69 Å². The number of rotatable bonds is 6. The number of pyridine rings is 1. The van der Waals surface area contributed by atoms with Crippen molar-refractivity contribution in [2.24, 2.45) is 11.3 Å². The van der Waals surface area contributed by atoms with E-state index in [4.69, 9.17) is 0 Å². The molecule has 6 nitrogen and oxygen atoms in total. The SMILES string of the molecule is CC(C)C(C)(C)CNC(=O)Nc1cnn(Cc2ccccn2)c1. The quantitative estimate of drug-likeness (QED) is 0.860. The minimum atomic E-state index is -0.212. The smallest absolute Gasteiger partial charge is 0.319 e. The van der Waals surface area contributed by atoms with E-state index in [1.54, 1.807) is 23.3 Å². The van der Waals surface area contributed by atoms with Gasteiger partial charge in [0.1, 0.15) is 0 Å². The lowest BCUT2D eigenvalue weighted by Gasteiger charge is -2.29. The van der Waals surface area contributed by atoms with Crippen LogP contribution in [-0.4, -0.2) is 27.3 Å². The van der Waals surface area contributed by atoms with Crippen LogP contribution in [0.4, 0.5) is 10.5 Å². The maximum absolute atomic E-state index is 12.0. The van der Waals surface area contributed by atoms with E-state index in [1.807, 2.05) is 18.2 Å². The van der Waals surface area contributed by atoms with Gasteiger partial charge in [0.05, 0.1) is 24.1 Å². The zero-order chi connectivity index (χ0) is 16.9. The Morgan fingerprint density at radius 2 is 2.13 bits per heavy atom. The summed E-state index contributed by atoms with van der Waals surface area (Å²) in [6.07, 6.45) is 5.18. The van der Waals surface area contributed by atoms with E-state index >= 15 is 0 Å². The third-order valence-corrected chi connectivity index (χ3v) is 4.21. The Bertz CT molecular complexity index is 633. The second-order valence-corrected chi connectivity index (χ2v) is 6.70. The maximum atomic E-state index is 12.0. The second kappa shape index (κ2) is 7.26. The lowest BCUT2D eigenvalue weighted by molar-refractivity contribution is 0.223. The minimum absolute atomic E-state index is 0.0561. The van der Waals surface area contributed by atoms with E-state index < -0.39 is 0 Å². The molecular formula is C17H25N5O. The molecule has 124 valence electrons. The van der Waals surface area contributed by atoms with E-state index in [2.05, 4.69) is 48.4 Å². The third kappa shape index (κ3) is 5.09. The first-order valence-electron chi connectivity index (χ1n) is 7.84. The molecule has 0 aliphatic rings. The molecule has 0 aliphatic heterocycles. The van der Waals surface area contributed by atoms with Crippen LogP contribution in [0.25, 0.3) is 0 Å². The summed E-state index contributed by atoms with van der Waals surface area (Å²) < 4.78 is 1.75. The normalized spacial score (nSPS) is 11.5. The molecule has 2 aromatic heterocycles. The molecule has 0 bridgehead atoms. The van der Waals surface area contributed by atoms with Crippen molar-refractivity contribution in [2.75, 3.05) is 11.9 Å². The number of aromatic nitrogens is 3. The summed E-state index contributed by atoms with van der Waals surface area (Å²) in [7, 11) is 0. The topological polar surface area (TPSA) is 71.8 Å². The summed E-state index contributed by atoms with van der Waals surface area (Å²) in [5, 5.41) is 9.95. The van der Waals surface area contributed by atoms with Crippen LogP contribution in [-0.2, 0) is 6.54 Å². The molecule has 2 heterocycles. The van der Waals surface area contributed by atoms with Gasteiger partial charge in [0, 0.05) is 18.9 Å². The zero-order valence-corrected chi connectivity index (χ0v) is 14.2. The molecule has 0 aromatic carbocycles. The molecule has 0 radical (unpaired) electrons. The fraction of sp³-hybridized carbons (Fsp3) is 0.471. The van der Waals surface area contributed by atoms with Gasteiger partial charge < -0.3 is 10.6 Å². The van der Waals surface area contributed by atoms with Crippen LogP contribution in [0.1, 0.15) is 33.4 Å². The molecule has 0 aliphatic carbocycles. The number of nitrogens with zero attached hydrogens (tertiary/aromatic N) is 3. The summed E-state index contributed by atoms with van der Waals surface area (Å²) >= 11 is 0. The number of amides is 2. The Kier molecular flexibility index (Phi) is 5.36. The van der Waals surface area contributed by atoms with Gasteiger partial charge in [0.15, 0.2) is 0 Å². The number of anilines is 1. The molecule has 2 aromatic rings. The summed E-state index contributed by atoms with van der Waals surface area (Å²) in [4.78, 5) is 16.2. The third-order valence-electron chi connectivity index (χ3n) is 4.21. The van der Waals surface area contributed by atoms with Gasteiger partial charge in [-0.1, -0.05) is 33.8 Å². The molecule has 6 heteroatoms. The average Bonchev–Trinajstić information content (AvgIpc) is 2.93. The van der Waals surface area contributed by atoms with Gasteiger partial charge in [-0.25, -0.2) is 4.79 Å². The summed E-state index contributed by atoms with van der Waals surface area (Å²) in [5.74, 6) is 0.490. The largest absolute Gasteiger partial charge is 0.337 e. The highest BCUT2D eigenvalue weighted by atomic mass is 16.2. The fourth-order valence-electron chi connectivity index (χ4n) is 1.86. The van der Waals surface area contributed by atoms with Crippen molar-refractivity contribution in [3.63, 3.8) is 0 Å². The Morgan fingerprint density at radius 3 is 2.78 bits per heavy atom. The molecule has 0 saturated carbocycles. The Labute approximate surface area is 137 Å². The molecule has 2 N–H and O–H groups in total. The lowest BCUT2D eigenvalue weighted by atomic mass is 9.81. The Balaban J connectivity index is 1.85. The number of hydrogen-bond acceptors (Lipinski definition) is 3. The molecule has 23 heavy (non-hydrogen) atoms. The van der Waals surface area contributed by atoms with E-state index in [9.17, 15) is 4.79 Å². The fourth-order valence-corrected chi connectivity index (χ4v) is 1.86. The number of nitrogens with one attached hydrogen (secondary N) is 2. The van der Waals surface area contributed by atoms with Crippen molar-refractivity contribution in [3.8, 4) is 0 Å².